The molecule has 7 heteroatoms. The Hall–Kier alpha value is -2.55. The molecule has 190 valence electrons. The molecule has 0 radical (unpaired) electrons. The molecule has 0 spiro atoms. The number of aromatic nitrogens is 3. The fourth-order valence-corrected chi connectivity index (χ4v) is 16.8. The van der Waals surface area contributed by atoms with Crippen molar-refractivity contribution in [3.63, 3.8) is 0 Å². The summed E-state index contributed by atoms with van der Waals surface area (Å²) in [4.78, 5) is 18.5. The van der Waals surface area contributed by atoms with Gasteiger partial charge in [0.1, 0.15) is 0 Å². The molecule has 7 rings (SSSR count). The zero-order valence-corrected chi connectivity index (χ0v) is 25.8. The molecular formula is C31H25AuGeN4S. The molecule has 0 unspecified atom stereocenters. The molecule has 5 aromatic rings. The number of imidazole rings is 1. The van der Waals surface area contributed by atoms with E-state index in [4.69, 9.17) is 4.98 Å². The monoisotopic (exact) mass is 756 g/mol. The summed E-state index contributed by atoms with van der Waals surface area (Å²) in [6.07, 6.45) is 9.33. The van der Waals surface area contributed by atoms with Crippen molar-refractivity contribution >= 4 is 51.0 Å². The van der Waals surface area contributed by atoms with Crippen LogP contribution in [-0.4, -0.2) is 23.2 Å². The summed E-state index contributed by atoms with van der Waals surface area (Å²) in [7, 11) is 0. The van der Waals surface area contributed by atoms with Crippen LogP contribution in [0.2, 0.25) is 10.5 Å². The molecule has 2 aliphatic rings. The van der Waals surface area contributed by atoms with Crippen LogP contribution in [0.1, 0.15) is 19.3 Å². The van der Waals surface area contributed by atoms with Gasteiger partial charge in [-0.15, -0.1) is 0 Å². The molecule has 0 N–H and O–H groups in total. The topological polar surface area (TPSA) is 43.1 Å². The van der Waals surface area contributed by atoms with Gasteiger partial charge in [0.05, 0.1) is 0 Å². The third kappa shape index (κ3) is 4.50. The number of hydrogen-bond donors (Lipinski definition) is 0. The Morgan fingerprint density at radius 3 is 2.47 bits per heavy atom. The van der Waals surface area contributed by atoms with Crippen molar-refractivity contribution < 1.29 is 22.4 Å². The summed E-state index contributed by atoms with van der Waals surface area (Å²) in [5.74, 6) is 0.700. The average Bonchev–Trinajstić information content (AvgIpc) is 3.52. The first-order valence-electron chi connectivity index (χ1n) is 12.8. The number of para-hydroxylation sites is 1. The van der Waals surface area contributed by atoms with Gasteiger partial charge >= 0.3 is 248 Å². The van der Waals surface area contributed by atoms with Crippen molar-refractivity contribution in [3.8, 4) is 11.4 Å². The molecule has 1 fully saturated rings. The Kier molecular flexibility index (Phi) is 7.38. The van der Waals surface area contributed by atoms with Gasteiger partial charge in [0.25, 0.3) is 0 Å². The van der Waals surface area contributed by atoms with Crippen LogP contribution in [0.5, 0.6) is 0 Å². The Morgan fingerprint density at radius 1 is 0.789 bits per heavy atom. The van der Waals surface area contributed by atoms with Crippen molar-refractivity contribution in [2.45, 2.75) is 39.6 Å². The third-order valence-electron chi connectivity index (χ3n) is 7.54. The van der Waals surface area contributed by atoms with Gasteiger partial charge in [0.2, 0.25) is 0 Å². The first-order valence-corrected chi connectivity index (χ1v) is 18.7. The first-order chi connectivity index (χ1) is 18.3. The number of rotatable bonds is 4. The number of hydrogen-bond acceptors (Lipinski definition) is 4. The average molecular weight is 755 g/mol. The molecule has 2 aromatic heterocycles. The van der Waals surface area contributed by atoms with Crippen molar-refractivity contribution in [2.24, 2.45) is 0 Å². The van der Waals surface area contributed by atoms with Gasteiger partial charge < -0.3 is 0 Å². The Morgan fingerprint density at radius 2 is 1.66 bits per heavy atom. The molecule has 3 aromatic carbocycles. The summed E-state index contributed by atoms with van der Waals surface area (Å²) in [5, 5.41) is 2.57. The van der Waals surface area contributed by atoms with Crippen LogP contribution in [0.4, 0.5) is 17.1 Å². The number of benzene rings is 3. The fourth-order valence-electron chi connectivity index (χ4n) is 5.78. The van der Waals surface area contributed by atoms with E-state index < -0.39 is 13.3 Å². The summed E-state index contributed by atoms with van der Waals surface area (Å²) in [6, 6.07) is 33.6. The van der Waals surface area contributed by atoms with Crippen LogP contribution in [0.25, 0.3) is 11.4 Å². The van der Waals surface area contributed by atoms with Gasteiger partial charge in [-0.2, -0.15) is 0 Å². The van der Waals surface area contributed by atoms with Crippen molar-refractivity contribution in [1.82, 2.24) is 15.0 Å². The molecular weight excluding hydrogens is 730 g/mol. The van der Waals surface area contributed by atoms with Crippen molar-refractivity contribution in [3.05, 3.63) is 104 Å². The number of anilines is 3. The zero-order chi connectivity index (χ0) is 24.7. The maximum atomic E-state index is 4.94. The fraction of sp³-hybridized carbons (Fsp3) is 0.161. The zero-order valence-electron chi connectivity index (χ0n) is 20.7. The third-order valence-corrected chi connectivity index (χ3v) is 19.2. The standard InChI is InChI=1S/C31H25GeN4S.Au/c1-5-16-32(17-6-1,30-13-4-7-18-33-30)24-14-15-29-27(22-24)36(26-11-2-3-12-28(26)37-29)25-10-8-9-23(21-25)31-34-19-20-35-31;/h2-4,7-15,18-20H,1,5-6,16-17H2;/q-3;+3. The molecule has 0 saturated carbocycles. The van der Waals surface area contributed by atoms with E-state index in [2.05, 4.69) is 87.7 Å². The minimum atomic E-state index is -2.66. The molecule has 4 heterocycles. The molecule has 0 bridgehead atoms. The predicted octanol–water partition coefficient (Wildman–Crippen LogP) is 6.38. The molecule has 1 saturated heterocycles. The van der Waals surface area contributed by atoms with Gasteiger partial charge in [0, 0.05) is 0 Å². The summed E-state index contributed by atoms with van der Waals surface area (Å²) < 4.78 is 2.76. The Labute approximate surface area is 246 Å². The normalized spacial score (nSPS) is 15.7. The minimum absolute atomic E-state index is 0. The van der Waals surface area contributed by atoms with Gasteiger partial charge in [-0.3, -0.25) is 0 Å². The van der Waals surface area contributed by atoms with Gasteiger partial charge in [0.15, 0.2) is 0 Å². The van der Waals surface area contributed by atoms with Crippen LogP contribution >= 0.6 is 11.8 Å². The molecule has 0 aliphatic carbocycles. The van der Waals surface area contributed by atoms with Crippen LogP contribution in [-0.2, 0) is 22.4 Å². The van der Waals surface area contributed by atoms with Crippen LogP contribution in [0.15, 0.2) is 101 Å². The quantitative estimate of drug-likeness (QED) is 0.155. The first kappa shape index (κ1) is 25.7. The van der Waals surface area contributed by atoms with E-state index in [0.29, 0.717) is 5.82 Å². The van der Waals surface area contributed by atoms with E-state index in [0.717, 1.165) is 22.6 Å². The SMILES string of the molecule is [Au+3].[c-]1c(-c2ncc[n-]2)cccc1N1c2[c-][c]([Ge]3([c]4ccccn4)[CH2]CCC[CH2]3)ccc2Sc2ccccc21. The molecule has 2 aliphatic heterocycles. The van der Waals surface area contributed by atoms with Crippen LogP contribution in [0, 0.1) is 12.1 Å². The van der Waals surface area contributed by atoms with Crippen molar-refractivity contribution in [2.75, 3.05) is 4.90 Å². The molecule has 38 heavy (non-hydrogen) atoms. The second kappa shape index (κ2) is 10.9. The van der Waals surface area contributed by atoms with E-state index in [9.17, 15) is 0 Å². The summed E-state index contributed by atoms with van der Waals surface area (Å²) in [5.41, 5.74) is 4.15. The Balaban J connectivity index is 0.00000264. The predicted molar refractivity (Wildman–Crippen MR) is 152 cm³/mol. The van der Waals surface area contributed by atoms with Crippen molar-refractivity contribution in [1.29, 1.82) is 0 Å². The number of fused-ring (bicyclic) bond motifs is 2. The number of pyridine rings is 1. The van der Waals surface area contributed by atoms with Crippen LogP contribution < -0.4 is 18.8 Å². The second-order valence-electron chi connectivity index (χ2n) is 9.68. The van der Waals surface area contributed by atoms with Gasteiger partial charge in [-0.1, -0.05) is 0 Å². The molecule has 0 amide bonds. The van der Waals surface area contributed by atoms with Gasteiger partial charge in [-0.05, 0) is 0 Å². The van der Waals surface area contributed by atoms with Crippen LogP contribution in [0.3, 0.4) is 0 Å². The Bertz CT molecular complexity index is 1550. The maximum absolute atomic E-state index is 4.94. The van der Waals surface area contributed by atoms with E-state index >= 15 is 0 Å². The molecule has 0 atom stereocenters. The second-order valence-corrected chi connectivity index (χ2v) is 19.6. The summed E-state index contributed by atoms with van der Waals surface area (Å²) >= 11 is -0.838. The van der Waals surface area contributed by atoms with E-state index in [1.165, 1.54) is 48.5 Å². The van der Waals surface area contributed by atoms with E-state index in [1.807, 2.05) is 30.1 Å². The van der Waals surface area contributed by atoms with Gasteiger partial charge in [-0.25, -0.2) is 0 Å². The van der Waals surface area contributed by atoms with E-state index in [1.54, 1.807) is 12.4 Å². The number of nitrogens with zero attached hydrogens (tertiary/aromatic N) is 4. The molecule has 4 nitrogen and oxygen atoms in total. The summed E-state index contributed by atoms with van der Waals surface area (Å²) in [6.45, 7) is 0. The van der Waals surface area contributed by atoms with E-state index in [-0.39, 0.29) is 22.4 Å².